The summed E-state index contributed by atoms with van der Waals surface area (Å²) in [5.41, 5.74) is 3.64. The van der Waals surface area contributed by atoms with Gasteiger partial charge in [0.1, 0.15) is 11.3 Å². The van der Waals surface area contributed by atoms with Gasteiger partial charge in [0.2, 0.25) is 0 Å². The Labute approximate surface area is 132 Å². The van der Waals surface area contributed by atoms with Crippen molar-refractivity contribution in [3.8, 4) is 0 Å². The third-order valence-electron chi connectivity index (χ3n) is 3.38. The topological polar surface area (TPSA) is 48.5 Å². The van der Waals surface area contributed by atoms with Gasteiger partial charge in [-0.3, -0.25) is 4.68 Å². The van der Waals surface area contributed by atoms with Crippen molar-refractivity contribution in [2.75, 3.05) is 0 Å². The van der Waals surface area contributed by atoms with Gasteiger partial charge in [-0.05, 0) is 19.9 Å². The van der Waals surface area contributed by atoms with E-state index < -0.39 is 0 Å². The van der Waals surface area contributed by atoms with Crippen LogP contribution in [0.4, 0.5) is 0 Å². The van der Waals surface area contributed by atoms with Gasteiger partial charge in [-0.1, -0.05) is 11.6 Å². The van der Waals surface area contributed by atoms with Crippen LogP contribution in [0.15, 0.2) is 18.5 Å². The molecule has 3 rings (SSSR count). The van der Waals surface area contributed by atoms with Crippen molar-refractivity contribution in [1.29, 1.82) is 0 Å². The van der Waals surface area contributed by atoms with Gasteiger partial charge >= 0.3 is 0 Å². The van der Waals surface area contributed by atoms with E-state index in [4.69, 9.17) is 23.2 Å². The number of aryl methyl sites for hydroxylation is 2. The van der Waals surface area contributed by atoms with Crippen molar-refractivity contribution in [2.24, 2.45) is 7.05 Å². The summed E-state index contributed by atoms with van der Waals surface area (Å²) in [6.45, 7) is 4.52. The number of aromatic nitrogens is 5. The highest BCUT2D eigenvalue weighted by molar-refractivity contribution is 6.31. The predicted molar refractivity (Wildman–Crippen MR) is 83.9 cm³/mol. The molecular weight excluding hydrogens is 309 g/mol. The lowest BCUT2D eigenvalue weighted by atomic mass is 10.2. The lowest BCUT2D eigenvalue weighted by Gasteiger charge is -2.09. The smallest absolute Gasteiger partial charge is 0.160 e. The standard InChI is InChI=1S/C14H15Cl2N5/c1-8(15)13-18-12-4-11(16)5-17-14(12)21(13)7-10-6-20(3)19-9(10)2/h4-6,8H,7H2,1-3H3. The molecule has 21 heavy (non-hydrogen) atoms. The van der Waals surface area contributed by atoms with Crippen molar-refractivity contribution in [3.05, 3.63) is 40.6 Å². The summed E-state index contributed by atoms with van der Waals surface area (Å²) in [4.78, 5) is 8.96. The second-order valence-corrected chi connectivity index (χ2v) is 6.17. The van der Waals surface area contributed by atoms with E-state index >= 15 is 0 Å². The van der Waals surface area contributed by atoms with Crippen molar-refractivity contribution in [2.45, 2.75) is 25.8 Å². The molecule has 0 aliphatic carbocycles. The average molecular weight is 324 g/mol. The van der Waals surface area contributed by atoms with Gasteiger partial charge in [-0.25, -0.2) is 9.97 Å². The number of hydrogen-bond acceptors (Lipinski definition) is 3. The first kappa shape index (κ1) is 14.4. The van der Waals surface area contributed by atoms with Crippen LogP contribution in [0.25, 0.3) is 11.2 Å². The summed E-state index contributed by atoms with van der Waals surface area (Å²) in [6, 6.07) is 1.80. The summed E-state index contributed by atoms with van der Waals surface area (Å²) in [6.07, 6.45) is 3.63. The average Bonchev–Trinajstić information content (AvgIpc) is 2.90. The molecule has 0 fully saturated rings. The molecule has 0 saturated carbocycles. The monoisotopic (exact) mass is 323 g/mol. The van der Waals surface area contributed by atoms with Crippen LogP contribution in [0.3, 0.4) is 0 Å². The fraction of sp³-hybridized carbons (Fsp3) is 0.357. The fourth-order valence-corrected chi connectivity index (χ4v) is 2.76. The highest BCUT2D eigenvalue weighted by Gasteiger charge is 2.17. The molecule has 0 bridgehead atoms. The Morgan fingerprint density at radius 1 is 1.38 bits per heavy atom. The van der Waals surface area contributed by atoms with Gasteiger partial charge in [-0.2, -0.15) is 5.10 Å². The molecule has 3 aromatic heterocycles. The van der Waals surface area contributed by atoms with Crippen LogP contribution in [0.2, 0.25) is 5.02 Å². The molecule has 1 unspecified atom stereocenters. The van der Waals surface area contributed by atoms with Gasteiger partial charge in [0.05, 0.1) is 22.6 Å². The minimum atomic E-state index is -0.213. The third kappa shape index (κ3) is 2.63. The second kappa shape index (κ2) is 5.31. The minimum Gasteiger partial charge on any atom is -0.307 e. The molecule has 3 aromatic rings. The van der Waals surface area contributed by atoms with E-state index in [1.807, 2.05) is 31.7 Å². The number of alkyl halides is 1. The lowest BCUT2D eigenvalue weighted by Crippen LogP contribution is -2.07. The first-order valence-corrected chi connectivity index (χ1v) is 7.42. The first-order valence-electron chi connectivity index (χ1n) is 6.60. The van der Waals surface area contributed by atoms with Gasteiger partial charge < -0.3 is 4.57 Å². The van der Waals surface area contributed by atoms with Gasteiger partial charge in [-0.15, -0.1) is 11.6 Å². The van der Waals surface area contributed by atoms with Crippen LogP contribution >= 0.6 is 23.2 Å². The summed E-state index contributed by atoms with van der Waals surface area (Å²) < 4.78 is 3.82. The first-order chi connectivity index (χ1) is 9.95. The van der Waals surface area contributed by atoms with Crippen molar-refractivity contribution >= 4 is 34.4 Å². The normalized spacial score (nSPS) is 13.0. The minimum absolute atomic E-state index is 0.213. The molecule has 5 nitrogen and oxygen atoms in total. The number of halogens is 2. The Balaban J connectivity index is 2.15. The van der Waals surface area contributed by atoms with Crippen molar-refractivity contribution in [3.63, 3.8) is 0 Å². The van der Waals surface area contributed by atoms with E-state index in [2.05, 4.69) is 15.1 Å². The molecular formula is C14H15Cl2N5. The maximum absolute atomic E-state index is 6.27. The van der Waals surface area contributed by atoms with Crippen LogP contribution in [0.1, 0.15) is 29.4 Å². The van der Waals surface area contributed by atoms with E-state index in [0.29, 0.717) is 11.6 Å². The zero-order valence-electron chi connectivity index (χ0n) is 12.0. The number of nitrogens with zero attached hydrogens (tertiary/aromatic N) is 5. The molecule has 110 valence electrons. The number of rotatable bonds is 3. The fourth-order valence-electron chi connectivity index (χ4n) is 2.44. The lowest BCUT2D eigenvalue weighted by molar-refractivity contribution is 0.732. The molecule has 3 heterocycles. The molecule has 0 aliphatic heterocycles. The molecule has 0 amide bonds. The van der Waals surface area contributed by atoms with Crippen LogP contribution in [-0.2, 0) is 13.6 Å². The van der Waals surface area contributed by atoms with Crippen LogP contribution in [0, 0.1) is 6.92 Å². The molecule has 0 spiro atoms. The van der Waals surface area contributed by atoms with E-state index in [0.717, 1.165) is 28.2 Å². The summed E-state index contributed by atoms with van der Waals surface area (Å²) in [7, 11) is 1.91. The molecule has 0 aromatic carbocycles. The molecule has 7 heteroatoms. The molecule has 0 radical (unpaired) electrons. The Morgan fingerprint density at radius 3 is 2.76 bits per heavy atom. The Hall–Kier alpha value is -1.59. The van der Waals surface area contributed by atoms with Crippen molar-refractivity contribution < 1.29 is 0 Å². The SMILES string of the molecule is Cc1nn(C)cc1Cn1c(C(C)Cl)nc2cc(Cl)cnc21. The highest BCUT2D eigenvalue weighted by Crippen LogP contribution is 2.26. The number of pyridine rings is 1. The number of hydrogen-bond donors (Lipinski definition) is 0. The molecule has 0 N–H and O–H groups in total. The quantitative estimate of drug-likeness (QED) is 0.693. The van der Waals surface area contributed by atoms with E-state index in [1.54, 1.807) is 16.9 Å². The third-order valence-corrected chi connectivity index (χ3v) is 3.78. The zero-order chi connectivity index (χ0) is 15.1. The Kier molecular flexibility index (Phi) is 3.63. The molecule has 1 atom stereocenters. The molecule has 0 saturated heterocycles. The molecule has 0 aliphatic rings. The van der Waals surface area contributed by atoms with E-state index in [1.165, 1.54) is 0 Å². The van der Waals surface area contributed by atoms with Gasteiger partial charge in [0, 0.05) is 25.0 Å². The maximum atomic E-state index is 6.27. The maximum Gasteiger partial charge on any atom is 0.160 e. The Bertz CT molecular complexity index is 803. The number of imidazole rings is 1. The predicted octanol–water partition coefficient (Wildman–Crippen LogP) is 3.47. The summed E-state index contributed by atoms with van der Waals surface area (Å²) in [5.74, 6) is 0.782. The van der Waals surface area contributed by atoms with E-state index in [-0.39, 0.29) is 5.38 Å². The Morgan fingerprint density at radius 2 is 2.14 bits per heavy atom. The van der Waals surface area contributed by atoms with Gasteiger partial charge in [0.25, 0.3) is 0 Å². The highest BCUT2D eigenvalue weighted by atomic mass is 35.5. The summed E-state index contributed by atoms with van der Waals surface area (Å²) >= 11 is 12.3. The number of fused-ring (bicyclic) bond motifs is 1. The van der Waals surface area contributed by atoms with E-state index in [9.17, 15) is 0 Å². The van der Waals surface area contributed by atoms with Crippen LogP contribution in [-0.4, -0.2) is 24.3 Å². The second-order valence-electron chi connectivity index (χ2n) is 5.08. The van der Waals surface area contributed by atoms with Crippen LogP contribution in [0.5, 0.6) is 0 Å². The van der Waals surface area contributed by atoms with Gasteiger partial charge in [0.15, 0.2) is 5.65 Å². The summed E-state index contributed by atoms with van der Waals surface area (Å²) in [5, 5.41) is 4.72. The van der Waals surface area contributed by atoms with Crippen LogP contribution < -0.4 is 0 Å². The largest absolute Gasteiger partial charge is 0.307 e. The zero-order valence-corrected chi connectivity index (χ0v) is 13.5. The van der Waals surface area contributed by atoms with Crippen molar-refractivity contribution in [1.82, 2.24) is 24.3 Å².